The number of hydrogen-bond acceptors (Lipinski definition) is 4. The van der Waals surface area contributed by atoms with Crippen molar-refractivity contribution >= 4 is 33.8 Å². The molecule has 0 saturated carbocycles. The van der Waals surface area contributed by atoms with Gasteiger partial charge in [-0.3, -0.25) is 0 Å². The standard InChI is InChI=1S/C12H20N2O2S2.ClH/c1-9-8-12(10(2)17-9)18(15,16)14-7-5-11-4-3-6-13-11;/h8,11,13-14H,3-7H2,1-2H3;1H/t11-;/m1./s1. The van der Waals surface area contributed by atoms with Gasteiger partial charge in [-0.1, -0.05) is 0 Å². The molecule has 2 heterocycles. The molecule has 1 atom stereocenters. The van der Waals surface area contributed by atoms with Gasteiger partial charge >= 0.3 is 0 Å². The Labute approximate surface area is 125 Å². The molecule has 1 aromatic rings. The molecule has 2 rings (SSSR count). The minimum atomic E-state index is -3.33. The molecule has 0 aromatic carbocycles. The fourth-order valence-corrected chi connectivity index (χ4v) is 4.92. The lowest BCUT2D eigenvalue weighted by molar-refractivity contribution is 0.539. The number of sulfonamides is 1. The van der Waals surface area contributed by atoms with Gasteiger partial charge in [-0.2, -0.15) is 0 Å². The van der Waals surface area contributed by atoms with E-state index >= 15 is 0 Å². The summed E-state index contributed by atoms with van der Waals surface area (Å²) in [7, 11) is -3.33. The Balaban J connectivity index is 0.00000180. The van der Waals surface area contributed by atoms with Crippen LogP contribution in [0.5, 0.6) is 0 Å². The summed E-state index contributed by atoms with van der Waals surface area (Å²) in [6.45, 7) is 5.35. The van der Waals surface area contributed by atoms with Crippen molar-refractivity contribution in [1.82, 2.24) is 10.0 Å². The van der Waals surface area contributed by atoms with E-state index < -0.39 is 10.0 Å². The molecule has 0 spiro atoms. The smallest absolute Gasteiger partial charge is 0.241 e. The molecule has 110 valence electrons. The van der Waals surface area contributed by atoms with E-state index in [2.05, 4.69) is 10.0 Å². The summed E-state index contributed by atoms with van der Waals surface area (Å²) < 4.78 is 26.9. The van der Waals surface area contributed by atoms with Crippen molar-refractivity contribution in [1.29, 1.82) is 0 Å². The highest BCUT2D eigenvalue weighted by Crippen LogP contribution is 2.24. The van der Waals surface area contributed by atoms with E-state index in [9.17, 15) is 8.42 Å². The predicted octanol–water partition coefficient (Wildman–Crippen LogP) is 2.21. The van der Waals surface area contributed by atoms with Gasteiger partial charge in [0.1, 0.15) is 0 Å². The second kappa shape index (κ2) is 7.04. The zero-order valence-corrected chi connectivity index (χ0v) is 13.7. The zero-order valence-electron chi connectivity index (χ0n) is 11.2. The van der Waals surface area contributed by atoms with E-state index in [4.69, 9.17) is 0 Å². The first-order valence-electron chi connectivity index (χ1n) is 6.29. The predicted molar refractivity (Wildman–Crippen MR) is 81.9 cm³/mol. The van der Waals surface area contributed by atoms with E-state index in [0.29, 0.717) is 17.5 Å². The van der Waals surface area contributed by atoms with Crippen molar-refractivity contribution in [2.24, 2.45) is 0 Å². The fraction of sp³-hybridized carbons (Fsp3) is 0.667. The maximum Gasteiger partial charge on any atom is 0.241 e. The van der Waals surface area contributed by atoms with Crippen LogP contribution in [0.4, 0.5) is 0 Å². The van der Waals surface area contributed by atoms with Crippen LogP contribution in [0.15, 0.2) is 11.0 Å². The van der Waals surface area contributed by atoms with Crippen LogP contribution in [0.3, 0.4) is 0 Å². The van der Waals surface area contributed by atoms with E-state index in [1.165, 1.54) is 17.8 Å². The third-order valence-corrected chi connectivity index (χ3v) is 5.91. The van der Waals surface area contributed by atoms with Crippen molar-refractivity contribution in [3.63, 3.8) is 0 Å². The molecule has 0 unspecified atom stereocenters. The normalized spacial score (nSPS) is 19.4. The van der Waals surface area contributed by atoms with Crippen LogP contribution in [0, 0.1) is 13.8 Å². The average Bonchev–Trinajstić information content (AvgIpc) is 2.88. The Hall–Kier alpha value is -0.140. The van der Waals surface area contributed by atoms with Crippen molar-refractivity contribution < 1.29 is 8.42 Å². The summed E-state index contributed by atoms with van der Waals surface area (Å²) >= 11 is 1.52. The summed E-state index contributed by atoms with van der Waals surface area (Å²) in [5.41, 5.74) is 0. The van der Waals surface area contributed by atoms with E-state index in [0.717, 1.165) is 29.1 Å². The number of nitrogens with one attached hydrogen (secondary N) is 2. The van der Waals surface area contributed by atoms with Crippen LogP contribution >= 0.6 is 23.7 Å². The maximum absolute atomic E-state index is 12.1. The molecular formula is C12H21ClN2O2S2. The number of hydrogen-bond donors (Lipinski definition) is 2. The molecule has 0 aliphatic carbocycles. The third-order valence-electron chi connectivity index (χ3n) is 3.23. The highest BCUT2D eigenvalue weighted by Gasteiger charge is 2.20. The summed E-state index contributed by atoms with van der Waals surface area (Å²) in [5, 5.41) is 3.37. The monoisotopic (exact) mass is 324 g/mol. The lowest BCUT2D eigenvalue weighted by Crippen LogP contribution is -2.30. The third kappa shape index (κ3) is 4.43. The molecule has 0 amide bonds. The van der Waals surface area contributed by atoms with E-state index in [1.54, 1.807) is 6.07 Å². The van der Waals surface area contributed by atoms with Crippen molar-refractivity contribution in [2.75, 3.05) is 13.1 Å². The highest BCUT2D eigenvalue weighted by atomic mass is 35.5. The molecule has 1 saturated heterocycles. The molecule has 4 nitrogen and oxygen atoms in total. The minimum Gasteiger partial charge on any atom is -0.314 e. The van der Waals surface area contributed by atoms with Gasteiger partial charge in [0.15, 0.2) is 0 Å². The lowest BCUT2D eigenvalue weighted by atomic mass is 10.2. The Morgan fingerprint density at radius 3 is 2.74 bits per heavy atom. The van der Waals surface area contributed by atoms with Crippen molar-refractivity contribution in [2.45, 2.75) is 44.0 Å². The molecule has 1 aromatic heterocycles. The summed E-state index contributed by atoms with van der Waals surface area (Å²) in [6, 6.07) is 2.22. The van der Waals surface area contributed by atoms with Gasteiger partial charge < -0.3 is 5.32 Å². The van der Waals surface area contributed by atoms with Gasteiger partial charge in [0.25, 0.3) is 0 Å². The Kier molecular flexibility index (Phi) is 6.26. The second-order valence-corrected chi connectivity index (χ2v) is 7.95. The molecule has 0 radical (unpaired) electrons. The molecule has 19 heavy (non-hydrogen) atoms. The topological polar surface area (TPSA) is 58.2 Å². The van der Waals surface area contributed by atoms with Crippen LogP contribution < -0.4 is 10.0 Å². The largest absolute Gasteiger partial charge is 0.314 e. The van der Waals surface area contributed by atoms with Crippen molar-refractivity contribution in [3.8, 4) is 0 Å². The molecule has 2 N–H and O–H groups in total. The van der Waals surface area contributed by atoms with Gasteiger partial charge in [-0.15, -0.1) is 23.7 Å². The van der Waals surface area contributed by atoms with Crippen LogP contribution in [-0.4, -0.2) is 27.5 Å². The summed E-state index contributed by atoms with van der Waals surface area (Å²) in [6.07, 6.45) is 3.21. The quantitative estimate of drug-likeness (QED) is 0.873. The molecule has 1 aliphatic rings. The Bertz CT molecular complexity index is 508. The van der Waals surface area contributed by atoms with Gasteiger partial charge in [-0.05, 0) is 45.7 Å². The highest BCUT2D eigenvalue weighted by molar-refractivity contribution is 7.89. The van der Waals surface area contributed by atoms with E-state index in [-0.39, 0.29) is 12.4 Å². The van der Waals surface area contributed by atoms with Crippen LogP contribution in [0.1, 0.15) is 29.0 Å². The molecule has 7 heteroatoms. The van der Waals surface area contributed by atoms with Crippen molar-refractivity contribution in [3.05, 3.63) is 15.8 Å². The minimum absolute atomic E-state index is 0. The Morgan fingerprint density at radius 2 is 2.21 bits per heavy atom. The lowest BCUT2D eigenvalue weighted by Gasteiger charge is -2.11. The van der Waals surface area contributed by atoms with Gasteiger partial charge in [0.05, 0.1) is 4.90 Å². The average molecular weight is 325 g/mol. The van der Waals surface area contributed by atoms with E-state index in [1.807, 2.05) is 13.8 Å². The Morgan fingerprint density at radius 1 is 1.47 bits per heavy atom. The molecule has 1 aliphatic heterocycles. The molecular weight excluding hydrogens is 304 g/mol. The summed E-state index contributed by atoms with van der Waals surface area (Å²) in [4.78, 5) is 2.33. The number of aryl methyl sites for hydroxylation is 2. The first-order valence-corrected chi connectivity index (χ1v) is 8.59. The second-order valence-electron chi connectivity index (χ2n) is 4.76. The maximum atomic E-state index is 12.1. The molecule has 0 bridgehead atoms. The first-order chi connectivity index (χ1) is 8.49. The number of rotatable bonds is 5. The zero-order chi connectivity index (χ0) is 13.2. The molecule has 1 fully saturated rings. The summed E-state index contributed by atoms with van der Waals surface area (Å²) in [5.74, 6) is 0. The van der Waals surface area contributed by atoms with Crippen LogP contribution in [0.25, 0.3) is 0 Å². The fourth-order valence-electron chi connectivity index (χ4n) is 2.32. The van der Waals surface area contributed by atoms with Gasteiger partial charge in [0, 0.05) is 22.3 Å². The number of halogens is 1. The SMILES string of the molecule is Cc1cc(S(=O)(=O)NCC[C@H]2CCCN2)c(C)s1.Cl. The number of thiophene rings is 1. The first kappa shape index (κ1) is 16.9. The van der Waals surface area contributed by atoms with Gasteiger partial charge in [-0.25, -0.2) is 13.1 Å². The van der Waals surface area contributed by atoms with Crippen LogP contribution in [-0.2, 0) is 10.0 Å². The van der Waals surface area contributed by atoms with Gasteiger partial charge in [0.2, 0.25) is 10.0 Å². The van der Waals surface area contributed by atoms with Crippen LogP contribution in [0.2, 0.25) is 0 Å².